The Kier molecular flexibility index (Phi) is 6.58. The maximum Gasteiger partial charge on any atom is 0.272 e. The molecule has 1 fully saturated rings. The second-order valence-corrected chi connectivity index (χ2v) is 5.04. The van der Waals surface area contributed by atoms with Crippen LogP contribution in [0.2, 0.25) is 0 Å². The molecule has 0 spiro atoms. The van der Waals surface area contributed by atoms with Crippen molar-refractivity contribution in [3.8, 4) is 0 Å². The molecule has 0 aromatic heterocycles. The van der Waals surface area contributed by atoms with Gasteiger partial charge < -0.3 is 10.6 Å². The van der Waals surface area contributed by atoms with Crippen LogP contribution < -0.4 is 10.6 Å². The zero-order valence-corrected chi connectivity index (χ0v) is 12.7. The maximum atomic E-state index is 12.0. The molecule has 0 radical (unpaired) electrons. The van der Waals surface area contributed by atoms with Crippen molar-refractivity contribution in [1.29, 1.82) is 0 Å². The highest BCUT2D eigenvalue weighted by atomic mass is 35.5. The van der Waals surface area contributed by atoms with Crippen molar-refractivity contribution < 1.29 is 9.72 Å². The molecule has 116 valence electrons. The van der Waals surface area contributed by atoms with Crippen LogP contribution in [0.5, 0.6) is 0 Å². The van der Waals surface area contributed by atoms with Gasteiger partial charge >= 0.3 is 0 Å². The van der Waals surface area contributed by atoms with Crippen LogP contribution in [0.25, 0.3) is 0 Å². The van der Waals surface area contributed by atoms with Crippen molar-refractivity contribution >= 4 is 24.0 Å². The molecule has 1 atom stereocenters. The fourth-order valence-electron chi connectivity index (χ4n) is 2.44. The largest absolute Gasteiger partial charge is 0.351 e. The lowest BCUT2D eigenvalue weighted by Crippen LogP contribution is -2.46. The summed E-state index contributed by atoms with van der Waals surface area (Å²) in [6.07, 6.45) is 3.01. The van der Waals surface area contributed by atoms with Crippen LogP contribution in [0, 0.1) is 17.0 Å². The van der Waals surface area contributed by atoms with Crippen LogP contribution in [0.1, 0.15) is 30.4 Å². The SMILES string of the molecule is Cc1c(CNC(=O)C2CCCCN2)cccc1[N+](=O)[O-].Cl. The minimum atomic E-state index is -0.399. The van der Waals surface area contributed by atoms with Gasteiger partial charge in [0.2, 0.25) is 5.91 Å². The third kappa shape index (κ3) is 4.41. The van der Waals surface area contributed by atoms with Crippen molar-refractivity contribution in [3.63, 3.8) is 0 Å². The lowest BCUT2D eigenvalue weighted by atomic mass is 10.0. The third-order valence-electron chi connectivity index (χ3n) is 3.69. The number of hydrogen-bond donors (Lipinski definition) is 2. The molecule has 1 aromatic rings. The summed E-state index contributed by atoms with van der Waals surface area (Å²) < 4.78 is 0. The molecule has 1 aliphatic rings. The minimum Gasteiger partial charge on any atom is -0.351 e. The quantitative estimate of drug-likeness (QED) is 0.658. The maximum absolute atomic E-state index is 12.0. The number of piperidine rings is 1. The summed E-state index contributed by atoms with van der Waals surface area (Å²) in [6.45, 7) is 2.90. The topological polar surface area (TPSA) is 84.3 Å². The van der Waals surface area contributed by atoms with Crippen LogP contribution in [0.3, 0.4) is 0 Å². The highest BCUT2D eigenvalue weighted by molar-refractivity contribution is 5.85. The Morgan fingerprint density at radius 3 is 2.86 bits per heavy atom. The van der Waals surface area contributed by atoms with Gasteiger partial charge in [0.15, 0.2) is 0 Å². The second-order valence-electron chi connectivity index (χ2n) is 5.04. The lowest BCUT2D eigenvalue weighted by Gasteiger charge is -2.22. The van der Waals surface area contributed by atoms with Gasteiger partial charge in [-0.2, -0.15) is 0 Å². The number of carbonyl (C=O) groups excluding carboxylic acids is 1. The van der Waals surface area contributed by atoms with Crippen LogP contribution in [-0.4, -0.2) is 23.4 Å². The fraction of sp³-hybridized carbons (Fsp3) is 0.500. The standard InChI is InChI=1S/C14H19N3O3.ClH/c1-10-11(5-4-7-13(10)17(19)20)9-16-14(18)12-6-2-3-8-15-12;/h4-5,7,12,15H,2-3,6,8-9H2,1H3,(H,16,18);1H. The zero-order chi connectivity index (χ0) is 14.5. The fourth-order valence-corrected chi connectivity index (χ4v) is 2.44. The predicted molar refractivity (Wildman–Crippen MR) is 82.6 cm³/mol. The number of nitrogens with zero attached hydrogens (tertiary/aromatic N) is 1. The number of benzene rings is 1. The first-order valence-electron chi connectivity index (χ1n) is 6.83. The van der Waals surface area contributed by atoms with E-state index >= 15 is 0 Å². The third-order valence-corrected chi connectivity index (χ3v) is 3.69. The van der Waals surface area contributed by atoms with Crippen molar-refractivity contribution in [3.05, 3.63) is 39.4 Å². The second kappa shape index (κ2) is 7.95. The number of rotatable bonds is 4. The summed E-state index contributed by atoms with van der Waals surface area (Å²) in [7, 11) is 0. The average Bonchev–Trinajstić information content (AvgIpc) is 2.46. The number of nitro groups is 1. The van der Waals surface area contributed by atoms with Gasteiger partial charge in [0.25, 0.3) is 5.69 Å². The molecule has 0 aliphatic carbocycles. The van der Waals surface area contributed by atoms with Crippen molar-refractivity contribution in [2.75, 3.05) is 6.54 Å². The first kappa shape index (κ1) is 17.4. The van der Waals surface area contributed by atoms with Gasteiger partial charge in [0.05, 0.1) is 11.0 Å². The number of amides is 1. The molecular formula is C14H20ClN3O3. The number of hydrogen-bond acceptors (Lipinski definition) is 4. The molecule has 7 heteroatoms. The Balaban J connectivity index is 0.00000220. The summed E-state index contributed by atoms with van der Waals surface area (Å²) in [6, 6.07) is 4.79. The van der Waals surface area contributed by atoms with Gasteiger partial charge in [0.1, 0.15) is 0 Å². The monoisotopic (exact) mass is 313 g/mol. The van der Waals surface area contributed by atoms with Gasteiger partial charge in [-0.3, -0.25) is 14.9 Å². The van der Waals surface area contributed by atoms with Gasteiger partial charge in [-0.05, 0) is 31.9 Å². The molecule has 0 saturated carbocycles. The van der Waals surface area contributed by atoms with Crippen molar-refractivity contribution in [2.45, 2.75) is 38.8 Å². The first-order valence-corrected chi connectivity index (χ1v) is 6.83. The van der Waals surface area contributed by atoms with Crippen molar-refractivity contribution in [1.82, 2.24) is 10.6 Å². The van der Waals surface area contributed by atoms with E-state index in [1.54, 1.807) is 19.1 Å². The van der Waals surface area contributed by atoms with E-state index in [-0.39, 0.29) is 30.0 Å². The number of nitrogens with one attached hydrogen (secondary N) is 2. The molecule has 1 aliphatic heterocycles. The highest BCUT2D eigenvalue weighted by Crippen LogP contribution is 2.20. The summed E-state index contributed by atoms with van der Waals surface area (Å²) in [4.78, 5) is 22.5. The smallest absolute Gasteiger partial charge is 0.272 e. The summed E-state index contributed by atoms with van der Waals surface area (Å²) in [5, 5.41) is 16.9. The van der Waals surface area contributed by atoms with E-state index in [9.17, 15) is 14.9 Å². The van der Waals surface area contributed by atoms with Crippen LogP contribution in [0.4, 0.5) is 5.69 Å². The molecule has 1 aromatic carbocycles. The Hall–Kier alpha value is -1.66. The molecule has 1 amide bonds. The molecule has 0 bridgehead atoms. The first-order chi connectivity index (χ1) is 9.59. The molecule has 1 unspecified atom stereocenters. The van der Waals surface area contributed by atoms with Crippen molar-refractivity contribution in [2.24, 2.45) is 0 Å². The van der Waals surface area contributed by atoms with E-state index < -0.39 is 4.92 Å². The van der Waals surface area contributed by atoms with E-state index in [4.69, 9.17) is 0 Å². The van der Waals surface area contributed by atoms with Gasteiger partial charge in [0, 0.05) is 18.2 Å². The van der Waals surface area contributed by atoms with E-state index in [1.165, 1.54) is 6.07 Å². The Labute approximate surface area is 129 Å². The van der Waals surface area contributed by atoms with Gasteiger partial charge in [-0.1, -0.05) is 18.6 Å². The van der Waals surface area contributed by atoms with Crippen LogP contribution in [0.15, 0.2) is 18.2 Å². The average molecular weight is 314 g/mol. The summed E-state index contributed by atoms with van der Waals surface area (Å²) in [5.74, 6) is -0.0318. The summed E-state index contributed by atoms with van der Waals surface area (Å²) in [5.41, 5.74) is 1.48. The van der Waals surface area contributed by atoms with Crippen LogP contribution >= 0.6 is 12.4 Å². The Morgan fingerprint density at radius 1 is 1.48 bits per heavy atom. The number of halogens is 1. The lowest BCUT2D eigenvalue weighted by molar-refractivity contribution is -0.385. The minimum absolute atomic E-state index is 0. The number of carbonyl (C=O) groups is 1. The molecule has 6 nitrogen and oxygen atoms in total. The predicted octanol–water partition coefficient (Wildman–Crippen LogP) is 2.08. The number of nitro benzene ring substituents is 1. The molecule has 1 saturated heterocycles. The van der Waals surface area contributed by atoms with Gasteiger partial charge in [-0.25, -0.2) is 0 Å². The van der Waals surface area contributed by atoms with E-state index in [2.05, 4.69) is 10.6 Å². The summed E-state index contributed by atoms with van der Waals surface area (Å²) >= 11 is 0. The van der Waals surface area contributed by atoms with E-state index in [0.29, 0.717) is 12.1 Å². The highest BCUT2D eigenvalue weighted by Gasteiger charge is 2.20. The van der Waals surface area contributed by atoms with E-state index in [1.807, 2.05) is 0 Å². The molecule has 2 rings (SSSR count). The molecular weight excluding hydrogens is 294 g/mol. The molecule has 2 N–H and O–H groups in total. The normalized spacial score (nSPS) is 17.7. The van der Waals surface area contributed by atoms with E-state index in [0.717, 1.165) is 31.4 Å². The Morgan fingerprint density at radius 2 is 2.24 bits per heavy atom. The van der Waals surface area contributed by atoms with Crippen LogP contribution in [-0.2, 0) is 11.3 Å². The Bertz CT molecular complexity index is 516. The van der Waals surface area contributed by atoms with Gasteiger partial charge in [-0.15, -0.1) is 12.4 Å². The zero-order valence-electron chi connectivity index (χ0n) is 11.9. The molecule has 21 heavy (non-hydrogen) atoms. The molecule has 1 heterocycles.